The Hall–Kier alpha value is -2.46. The van der Waals surface area contributed by atoms with Crippen LogP contribution < -0.4 is 5.32 Å². The molecule has 1 atom stereocenters. The summed E-state index contributed by atoms with van der Waals surface area (Å²) in [4.78, 5) is 25.7. The van der Waals surface area contributed by atoms with Crippen LogP contribution in [-0.2, 0) is 4.79 Å². The van der Waals surface area contributed by atoms with Crippen LogP contribution in [0.5, 0.6) is 0 Å². The summed E-state index contributed by atoms with van der Waals surface area (Å²) in [6.45, 7) is -0.711. The minimum Gasteiger partial charge on any atom is -0.480 e. The van der Waals surface area contributed by atoms with Crippen LogP contribution in [0.25, 0.3) is 0 Å². The largest absolute Gasteiger partial charge is 0.480 e. The molecule has 0 unspecified atom stereocenters. The van der Waals surface area contributed by atoms with Gasteiger partial charge in [0.1, 0.15) is 11.8 Å². The number of carbonyl (C=O) groups excluding carboxylic acids is 1. The number of aliphatic hydroxyl groups excluding tert-OH is 1. The SMILES string of the molecule is N#Cc1ccc(C(=O)N[C@@H](CO)C(=O)O)nc1. The molecule has 88 valence electrons. The Bertz CT molecular complexity index is 463. The van der Waals surface area contributed by atoms with Gasteiger partial charge >= 0.3 is 5.97 Å². The van der Waals surface area contributed by atoms with Gasteiger partial charge in [-0.2, -0.15) is 5.26 Å². The molecule has 1 heterocycles. The zero-order valence-corrected chi connectivity index (χ0v) is 8.62. The molecule has 0 radical (unpaired) electrons. The number of carboxylic acids is 1. The van der Waals surface area contributed by atoms with Crippen molar-refractivity contribution in [3.63, 3.8) is 0 Å². The van der Waals surface area contributed by atoms with E-state index in [1.165, 1.54) is 18.3 Å². The topological polar surface area (TPSA) is 123 Å². The zero-order valence-electron chi connectivity index (χ0n) is 8.62. The van der Waals surface area contributed by atoms with Crippen LogP contribution in [-0.4, -0.2) is 39.7 Å². The molecular formula is C10H9N3O4. The smallest absolute Gasteiger partial charge is 0.328 e. The molecule has 0 bridgehead atoms. The maximum atomic E-state index is 11.5. The molecule has 0 aliphatic heterocycles. The van der Waals surface area contributed by atoms with Crippen LogP contribution in [0.1, 0.15) is 16.1 Å². The fraction of sp³-hybridized carbons (Fsp3) is 0.200. The van der Waals surface area contributed by atoms with Gasteiger partial charge in [0.15, 0.2) is 6.04 Å². The van der Waals surface area contributed by atoms with Crippen LogP contribution >= 0.6 is 0 Å². The minimum atomic E-state index is -1.38. The van der Waals surface area contributed by atoms with E-state index in [4.69, 9.17) is 15.5 Å². The van der Waals surface area contributed by atoms with E-state index in [9.17, 15) is 9.59 Å². The van der Waals surface area contributed by atoms with Crippen LogP contribution in [0.2, 0.25) is 0 Å². The first kappa shape index (κ1) is 12.6. The molecule has 1 rings (SSSR count). The highest BCUT2D eigenvalue weighted by molar-refractivity contribution is 5.94. The number of nitriles is 1. The summed E-state index contributed by atoms with van der Waals surface area (Å²) in [5.41, 5.74) is 0.266. The molecule has 7 nitrogen and oxygen atoms in total. The van der Waals surface area contributed by atoms with Gasteiger partial charge in [0, 0.05) is 6.20 Å². The van der Waals surface area contributed by atoms with Crippen molar-refractivity contribution >= 4 is 11.9 Å². The summed E-state index contributed by atoms with van der Waals surface area (Å²) in [5.74, 6) is -2.06. The maximum absolute atomic E-state index is 11.5. The third kappa shape index (κ3) is 3.25. The first-order valence-corrected chi connectivity index (χ1v) is 4.59. The number of aromatic nitrogens is 1. The highest BCUT2D eigenvalue weighted by atomic mass is 16.4. The van der Waals surface area contributed by atoms with Crippen molar-refractivity contribution in [1.29, 1.82) is 5.26 Å². The Morgan fingerprint density at radius 3 is 2.65 bits per heavy atom. The lowest BCUT2D eigenvalue weighted by atomic mass is 10.2. The standard InChI is InChI=1S/C10H9N3O4/c11-3-6-1-2-7(12-4-6)9(15)13-8(5-14)10(16)17/h1-2,4,8,14H,5H2,(H,13,15)(H,16,17)/t8-/m0/s1. The number of rotatable bonds is 4. The average Bonchev–Trinajstić information content (AvgIpc) is 2.35. The highest BCUT2D eigenvalue weighted by Gasteiger charge is 2.19. The normalized spacial score (nSPS) is 11.3. The summed E-state index contributed by atoms with van der Waals surface area (Å²) < 4.78 is 0. The molecule has 0 fully saturated rings. The zero-order chi connectivity index (χ0) is 12.8. The number of aliphatic carboxylic acids is 1. The quantitative estimate of drug-likeness (QED) is 0.623. The van der Waals surface area contributed by atoms with Gasteiger partial charge in [-0.05, 0) is 12.1 Å². The molecule has 0 spiro atoms. The maximum Gasteiger partial charge on any atom is 0.328 e. The van der Waals surface area contributed by atoms with Gasteiger partial charge in [0.05, 0.1) is 12.2 Å². The second-order valence-electron chi connectivity index (χ2n) is 3.09. The average molecular weight is 235 g/mol. The Kier molecular flexibility index (Phi) is 4.14. The summed E-state index contributed by atoms with van der Waals surface area (Å²) in [6.07, 6.45) is 1.20. The van der Waals surface area contributed by atoms with Gasteiger partial charge in [0.2, 0.25) is 0 Å². The third-order valence-corrected chi connectivity index (χ3v) is 1.91. The van der Waals surface area contributed by atoms with Gasteiger partial charge in [-0.15, -0.1) is 0 Å². The molecule has 1 amide bonds. The van der Waals surface area contributed by atoms with E-state index in [1.807, 2.05) is 6.07 Å². The first-order valence-electron chi connectivity index (χ1n) is 4.59. The number of carbonyl (C=O) groups is 2. The number of nitrogens with zero attached hydrogens (tertiary/aromatic N) is 2. The molecule has 17 heavy (non-hydrogen) atoms. The van der Waals surface area contributed by atoms with Crippen molar-refractivity contribution in [1.82, 2.24) is 10.3 Å². The predicted octanol–water partition coefficient (Wildman–Crippen LogP) is -0.871. The van der Waals surface area contributed by atoms with Gasteiger partial charge < -0.3 is 15.5 Å². The van der Waals surface area contributed by atoms with E-state index in [1.54, 1.807) is 0 Å². The third-order valence-electron chi connectivity index (χ3n) is 1.91. The minimum absolute atomic E-state index is 0.0244. The van der Waals surface area contributed by atoms with Crippen molar-refractivity contribution in [3.8, 4) is 6.07 Å². The number of nitrogens with one attached hydrogen (secondary N) is 1. The van der Waals surface area contributed by atoms with Crippen molar-refractivity contribution < 1.29 is 19.8 Å². The van der Waals surface area contributed by atoms with E-state index < -0.39 is 24.5 Å². The first-order chi connectivity index (χ1) is 8.08. The van der Waals surface area contributed by atoms with Crippen LogP contribution in [0.15, 0.2) is 18.3 Å². The molecule has 3 N–H and O–H groups in total. The number of hydrogen-bond donors (Lipinski definition) is 3. The number of hydrogen-bond acceptors (Lipinski definition) is 5. The summed E-state index contributed by atoms with van der Waals surface area (Å²) in [5, 5.41) is 27.9. The Morgan fingerprint density at radius 1 is 1.53 bits per heavy atom. The van der Waals surface area contributed by atoms with E-state index in [2.05, 4.69) is 10.3 Å². The monoisotopic (exact) mass is 235 g/mol. The van der Waals surface area contributed by atoms with Crippen molar-refractivity contribution in [2.24, 2.45) is 0 Å². The molecule has 0 aromatic carbocycles. The fourth-order valence-corrected chi connectivity index (χ4v) is 1.01. The van der Waals surface area contributed by atoms with Gasteiger partial charge in [0.25, 0.3) is 5.91 Å². The van der Waals surface area contributed by atoms with Gasteiger partial charge in [-0.1, -0.05) is 0 Å². The van der Waals surface area contributed by atoms with Gasteiger partial charge in [-0.3, -0.25) is 4.79 Å². The van der Waals surface area contributed by atoms with Crippen molar-refractivity contribution in [3.05, 3.63) is 29.6 Å². The number of amides is 1. The lowest BCUT2D eigenvalue weighted by Crippen LogP contribution is -2.43. The number of carboxylic acid groups (broad SMARTS) is 1. The molecule has 1 aromatic rings. The fourth-order valence-electron chi connectivity index (χ4n) is 1.01. The van der Waals surface area contributed by atoms with Crippen LogP contribution in [0.3, 0.4) is 0 Å². The summed E-state index contributed by atoms with van der Waals surface area (Å²) in [6, 6.07) is 3.14. The molecular weight excluding hydrogens is 226 g/mol. The lowest BCUT2D eigenvalue weighted by Gasteiger charge is -2.10. The van der Waals surface area contributed by atoms with E-state index in [0.717, 1.165) is 0 Å². The van der Waals surface area contributed by atoms with Crippen LogP contribution in [0.4, 0.5) is 0 Å². The number of pyridine rings is 1. The second kappa shape index (κ2) is 5.58. The Labute approximate surface area is 96.3 Å². The molecule has 0 aliphatic carbocycles. The number of aliphatic hydroxyl groups is 1. The predicted molar refractivity (Wildman–Crippen MR) is 54.9 cm³/mol. The molecule has 0 saturated heterocycles. The molecule has 1 aromatic heterocycles. The van der Waals surface area contributed by atoms with Crippen LogP contribution in [0, 0.1) is 11.3 Å². The van der Waals surface area contributed by atoms with Crippen molar-refractivity contribution in [2.75, 3.05) is 6.61 Å². The summed E-state index contributed by atoms with van der Waals surface area (Å²) in [7, 11) is 0. The molecule has 0 aliphatic rings. The van der Waals surface area contributed by atoms with E-state index >= 15 is 0 Å². The van der Waals surface area contributed by atoms with Gasteiger partial charge in [-0.25, -0.2) is 9.78 Å². The van der Waals surface area contributed by atoms with E-state index in [-0.39, 0.29) is 5.69 Å². The Morgan fingerprint density at radius 2 is 2.24 bits per heavy atom. The van der Waals surface area contributed by atoms with E-state index in [0.29, 0.717) is 5.56 Å². The molecule has 7 heteroatoms. The molecule has 0 saturated carbocycles. The van der Waals surface area contributed by atoms with Crippen molar-refractivity contribution in [2.45, 2.75) is 6.04 Å². The Balaban J connectivity index is 2.76. The second-order valence-corrected chi connectivity index (χ2v) is 3.09. The highest BCUT2D eigenvalue weighted by Crippen LogP contribution is 1.99. The lowest BCUT2D eigenvalue weighted by molar-refractivity contribution is -0.140. The summed E-state index contributed by atoms with van der Waals surface area (Å²) >= 11 is 0.